The molecule has 37 heteroatoms. The van der Waals surface area contributed by atoms with Gasteiger partial charge in [-0.3, -0.25) is 0 Å². The van der Waals surface area contributed by atoms with Crippen molar-refractivity contribution in [1.29, 1.82) is 10.5 Å². The number of nitrogens with two attached hydrogens (primary N) is 9. The number of ether oxygens (including phenoxy) is 11. The van der Waals surface area contributed by atoms with Crippen LogP contribution in [0, 0.1) is 111 Å². The third kappa shape index (κ3) is 45.3. The SMILES string of the molecule is C=CC[NH+]([CH2-])C(C)COC.[CH2-][NH2+]C(C1CCCCO1)C(F)(F)F.[CH2-][NH2+]C(C1CCCO1)C(F)(F)F.[CH2-][NH2+]C(C1CCOC1)C(F)(F)F.[CH2-][NH2+]C1(C#N)CCOC1.[CH2-][NH2+]C1(C#N)CCSC1.[CH2-][NH2+]CC1COC(C)(C)O1.[CH2-][NH2+]CC1COCCO1.[CH2-][NH2+]CC1COCS(=O)(=O)C1.[CH2-][NH2+]CC1COCSC1. The van der Waals surface area contributed by atoms with Crippen LogP contribution in [0.25, 0.3) is 0 Å². The second-order valence-corrected chi connectivity index (χ2v) is 30.3. The molecular formula is C67H129F9N12O13S3. The van der Waals surface area contributed by atoms with Crippen molar-refractivity contribution in [2.75, 3.05) is 161 Å². The summed E-state index contributed by atoms with van der Waals surface area (Å²) in [6.45, 7) is 22.0. The van der Waals surface area contributed by atoms with Gasteiger partial charge in [-0.25, -0.2) is 8.42 Å². The Morgan fingerprint density at radius 3 is 1.57 bits per heavy atom. The van der Waals surface area contributed by atoms with Gasteiger partial charge in [-0.15, -0.1) is 11.8 Å². The molecule has 25 nitrogen and oxygen atoms in total. The molecule has 19 N–H and O–H groups in total. The molecule has 9 saturated heterocycles. The fourth-order valence-corrected chi connectivity index (χ4v) is 14.5. The molecule has 0 amide bonds. The zero-order valence-corrected chi connectivity index (χ0v) is 64.3. The highest BCUT2D eigenvalue weighted by Crippen LogP contribution is 2.30. The highest BCUT2D eigenvalue weighted by atomic mass is 32.2. The first kappa shape index (κ1) is 102. The van der Waals surface area contributed by atoms with Crippen molar-refractivity contribution in [2.45, 2.75) is 156 Å². The molecule has 9 fully saturated rings. The van der Waals surface area contributed by atoms with E-state index in [9.17, 15) is 47.9 Å². The third-order valence-electron chi connectivity index (χ3n) is 17.0. The van der Waals surface area contributed by atoms with Crippen molar-refractivity contribution in [3.05, 3.63) is 83.1 Å². The quantitative estimate of drug-likeness (QED) is 0.0303. The van der Waals surface area contributed by atoms with E-state index in [1.807, 2.05) is 59.4 Å². The van der Waals surface area contributed by atoms with Gasteiger partial charge in [0.25, 0.3) is 0 Å². The van der Waals surface area contributed by atoms with E-state index in [0.717, 1.165) is 131 Å². The minimum Gasteiger partial charge on any atom is -0.479 e. The lowest BCUT2D eigenvalue weighted by atomic mass is 9.99. The maximum atomic E-state index is 12.4. The molecule has 0 aliphatic carbocycles. The number of halogens is 9. The van der Waals surface area contributed by atoms with E-state index >= 15 is 0 Å². The number of quaternary nitrogens is 10. The standard InChI is InChI=1S/C8H14F3NO.C8H17NO.2C7H12F3NO.C7H15NO2.C6H10N2O.C6H10N2S.C6H13NO3S.C6H13NO2.C6H13NOS/c1-12-7(8(9,10)11)6-4-2-3-5-13-6;1-5-6-9(3)8(2)7-10-4;1-11-6(7(8,9)10)5-2-3-12-4-5;1-11-6(7(8,9)10)5-3-2-4-12-5;1-7(2)9-5-6(10-7)4-8-3;2*1-8-6(4-7)2-3-9-5-6;1-7-2-6-3-10-5-11(8,9)4-6;1-7-4-6-5-8-2-3-9-6;1-7-2-6-3-8-5-9-4-6/h6-7H,1-5,12H2;5,8-9H,1,3,6-7H2,2,4H3;2*5-6H,1-4,11H2;6H,3-5,8H2,1-2H3;2*1-3,5,8H2;6H,1-5,7H2;2*6H,1-5,7H2. The lowest BCUT2D eigenvalue weighted by Crippen LogP contribution is -3.11. The summed E-state index contributed by atoms with van der Waals surface area (Å²) in [6, 6.07) is 0.510. The Labute approximate surface area is 623 Å². The van der Waals surface area contributed by atoms with Gasteiger partial charge in [-0.2, -0.15) is 132 Å². The summed E-state index contributed by atoms with van der Waals surface area (Å²) < 4.78 is 189. The third-order valence-corrected chi connectivity index (χ3v) is 20.7. The molecule has 0 aromatic carbocycles. The molecule has 0 spiro atoms. The van der Waals surface area contributed by atoms with E-state index in [0.29, 0.717) is 78.0 Å². The highest BCUT2D eigenvalue weighted by Gasteiger charge is 2.49. The molecule has 0 saturated carbocycles. The van der Waals surface area contributed by atoms with Gasteiger partial charge in [0.05, 0.1) is 116 Å². The average Bonchev–Trinajstić information content (AvgIpc) is 1.17. The van der Waals surface area contributed by atoms with Crippen molar-refractivity contribution >= 4 is 33.4 Å². The maximum absolute atomic E-state index is 12.4. The van der Waals surface area contributed by atoms with Crippen molar-refractivity contribution < 1.29 is 153 Å². The predicted molar refractivity (Wildman–Crippen MR) is 373 cm³/mol. The zero-order valence-electron chi connectivity index (χ0n) is 61.9. The van der Waals surface area contributed by atoms with Gasteiger partial charge in [0, 0.05) is 69.0 Å². The Morgan fingerprint density at radius 1 is 0.635 bits per heavy atom. The minimum absolute atomic E-state index is 0.110. The summed E-state index contributed by atoms with van der Waals surface area (Å²) in [4.78, 5) is 1.19. The summed E-state index contributed by atoms with van der Waals surface area (Å²) >= 11 is 3.71. The van der Waals surface area contributed by atoms with Crippen molar-refractivity contribution in [2.24, 2.45) is 17.8 Å². The number of thioether (sulfide) groups is 2. The van der Waals surface area contributed by atoms with Crippen LogP contribution in [0.4, 0.5) is 39.5 Å². The Kier molecular flexibility index (Phi) is 55.9. The lowest BCUT2D eigenvalue weighted by molar-refractivity contribution is -0.873. The molecule has 616 valence electrons. The molecule has 0 bridgehead atoms. The van der Waals surface area contributed by atoms with Gasteiger partial charge in [0.2, 0.25) is 0 Å². The fourth-order valence-electron chi connectivity index (χ4n) is 10.9. The number of sulfone groups is 1. The number of rotatable bonds is 21. The van der Waals surface area contributed by atoms with E-state index in [2.05, 4.69) is 96.1 Å². The molecule has 14 unspecified atom stereocenters. The van der Waals surface area contributed by atoms with Crippen molar-refractivity contribution in [3.8, 4) is 12.1 Å². The molecule has 104 heavy (non-hydrogen) atoms. The Balaban J connectivity index is 0.00000114. The maximum Gasteiger partial charge on any atom is 0.441 e. The molecular weight excluding hydrogens is 1450 g/mol. The number of nitrogens with one attached hydrogen (secondary N) is 1. The normalized spacial score (nSPS) is 28.3. The second kappa shape index (κ2) is 57.0. The Morgan fingerprint density at radius 2 is 1.19 bits per heavy atom. The summed E-state index contributed by atoms with van der Waals surface area (Å²) in [5.41, 5.74) is -0.565. The van der Waals surface area contributed by atoms with Gasteiger partial charge in [0.15, 0.2) is 44.8 Å². The molecule has 9 aliphatic rings. The van der Waals surface area contributed by atoms with Gasteiger partial charge in [-0.1, -0.05) is 6.58 Å². The van der Waals surface area contributed by atoms with Crippen LogP contribution in [0.5, 0.6) is 0 Å². The predicted octanol–water partition coefficient (Wildman–Crippen LogP) is -3.46. The molecule has 0 aromatic heterocycles. The van der Waals surface area contributed by atoms with Gasteiger partial charge >= 0.3 is 18.5 Å². The number of methoxy groups -OCH3 is 1. The lowest BCUT2D eigenvalue weighted by Gasteiger charge is -2.30. The van der Waals surface area contributed by atoms with Crippen LogP contribution in [0.3, 0.4) is 0 Å². The summed E-state index contributed by atoms with van der Waals surface area (Å²) in [7, 11) is 34.0. The number of hydrogen-bond donors (Lipinski definition) is 10. The van der Waals surface area contributed by atoms with Crippen LogP contribution in [-0.4, -0.2) is 253 Å². The van der Waals surface area contributed by atoms with Crippen LogP contribution in [0.2, 0.25) is 0 Å². The van der Waals surface area contributed by atoms with Crippen LogP contribution in [-0.2, 0) is 61.9 Å². The monoisotopic (exact) mass is 1580 g/mol. The molecule has 14 atom stereocenters. The topological polar surface area (TPSA) is 337 Å². The average molecular weight is 1580 g/mol. The summed E-state index contributed by atoms with van der Waals surface area (Å²) in [6.07, 6.45) is -6.06. The van der Waals surface area contributed by atoms with E-state index in [1.165, 1.54) is 10.7 Å². The smallest absolute Gasteiger partial charge is 0.441 e. The Bertz CT molecular complexity index is 2220. The summed E-state index contributed by atoms with van der Waals surface area (Å²) in [5.74, 6) is 4.34. The minimum atomic E-state index is -4.22. The van der Waals surface area contributed by atoms with Crippen molar-refractivity contribution in [3.63, 3.8) is 0 Å². The van der Waals surface area contributed by atoms with E-state index < -0.39 is 64.6 Å². The first-order valence-corrected chi connectivity index (χ1v) is 39.1. The number of alkyl halides is 9. The Hall–Kier alpha value is -2.10. The van der Waals surface area contributed by atoms with Gasteiger partial charge in [0.1, 0.15) is 49.1 Å². The van der Waals surface area contributed by atoms with E-state index in [4.69, 9.17) is 62.6 Å². The first-order chi connectivity index (χ1) is 49.2. The van der Waals surface area contributed by atoms with Crippen LogP contribution < -0.4 is 52.8 Å². The largest absolute Gasteiger partial charge is 0.479 e. The van der Waals surface area contributed by atoms with Gasteiger partial charge < -0.3 is 105 Å². The molecule has 9 aliphatic heterocycles. The number of nitrogens with zero attached hydrogens (tertiary/aromatic N) is 2. The number of hydrogen-bond acceptors (Lipinski definition) is 17. The van der Waals surface area contributed by atoms with Gasteiger partial charge in [-0.05, 0) is 65.4 Å². The fraction of sp³-hybridized carbons (Fsp3) is 0.791. The van der Waals surface area contributed by atoms with Crippen molar-refractivity contribution in [1.82, 2.24) is 0 Å². The highest BCUT2D eigenvalue weighted by molar-refractivity contribution is 7.99. The summed E-state index contributed by atoms with van der Waals surface area (Å²) in [5, 5.41) is 31.0. The number of nitriles is 2. The van der Waals surface area contributed by atoms with Crippen LogP contribution in [0.15, 0.2) is 12.7 Å². The molecule has 9 heterocycles. The molecule has 0 radical (unpaired) electrons. The second-order valence-electron chi connectivity index (χ2n) is 26.2. The van der Waals surface area contributed by atoms with E-state index in [-0.39, 0.29) is 53.3 Å². The molecule has 9 rings (SSSR count). The van der Waals surface area contributed by atoms with E-state index in [1.54, 1.807) is 23.1 Å². The van der Waals surface area contributed by atoms with Crippen LogP contribution in [0.1, 0.15) is 72.1 Å². The zero-order chi connectivity index (χ0) is 78.7. The first-order valence-electron chi connectivity index (χ1n) is 35.0. The van der Waals surface area contributed by atoms with Crippen LogP contribution >= 0.6 is 23.5 Å². The molecule has 0 aromatic rings.